The SMILES string of the molecule is CC(C)N(C)CCOc1cccc(C#CCCO)c1. The van der Waals surface area contributed by atoms with Gasteiger partial charge in [0, 0.05) is 24.6 Å². The van der Waals surface area contributed by atoms with E-state index in [1.165, 1.54) is 0 Å². The average Bonchev–Trinajstić information content (AvgIpc) is 2.39. The highest BCUT2D eigenvalue weighted by Crippen LogP contribution is 2.12. The molecule has 0 fully saturated rings. The Morgan fingerprint density at radius 3 is 2.84 bits per heavy atom. The predicted molar refractivity (Wildman–Crippen MR) is 78.3 cm³/mol. The summed E-state index contributed by atoms with van der Waals surface area (Å²) in [6.45, 7) is 6.00. The zero-order valence-electron chi connectivity index (χ0n) is 12.0. The van der Waals surface area contributed by atoms with Crippen LogP contribution in [0.4, 0.5) is 0 Å². The third-order valence-corrected chi connectivity index (χ3v) is 2.90. The molecule has 0 spiro atoms. The van der Waals surface area contributed by atoms with Crippen molar-refractivity contribution in [2.45, 2.75) is 26.3 Å². The molecule has 0 aliphatic rings. The van der Waals surface area contributed by atoms with E-state index in [1.807, 2.05) is 24.3 Å². The van der Waals surface area contributed by atoms with Gasteiger partial charge in [0.05, 0.1) is 6.61 Å². The zero-order valence-corrected chi connectivity index (χ0v) is 12.0. The van der Waals surface area contributed by atoms with Gasteiger partial charge in [0.2, 0.25) is 0 Å². The third-order valence-electron chi connectivity index (χ3n) is 2.90. The van der Waals surface area contributed by atoms with E-state index in [0.29, 0.717) is 19.1 Å². The van der Waals surface area contributed by atoms with Crippen molar-refractivity contribution in [3.63, 3.8) is 0 Å². The first-order chi connectivity index (χ1) is 9.13. The molecule has 0 aliphatic carbocycles. The van der Waals surface area contributed by atoms with Crippen molar-refractivity contribution in [3.05, 3.63) is 29.8 Å². The van der Waals surface area contributed by atoms with Crippen molar-refractivity contribution in [2.24, 2.45) is 0 Å². The molecular formula is C16H23NO2. The van der Waals surface area contributed by atoms with Gasteiger partial charge in [0.15, 0.2) is 0 Å². The van der Waals surface area contributed by atoms with Gasteiger partial charge < -0.3 is 14.7 Å². The zero-order chi connectivity index (χ0) is 14.1. The number of aliphatic hydroxyl groups excluding tert-OH is 1. The van der Waals surface area contributed by atoms with Crippen molar-refractivity contribution in [3.8, 4) is 17.6 Å². The minimum atomic E-state index is 0.102. The Labute approximate surface area is 116 Å². The third kappa shape index (κ3) is 6.28. The molecule has 0 amide bonds. The van der Waals surface area contributed by atoms with Crippen LogP contribution in [0.1, 0.15) is 25.8 Å². The first-order valence-corrected chi connectivity index (χ1v) is 6.66. The fourth-order valence-corrected chi connectivity index (χ4v) is 1.45. The van der Waals surface area contributed by atoms with E-state index in [1.54, 1.807) is 0 Å². The number of aliphatic hydroxyl groups is 1. The summed E-state index contributed by atoms with van der Waals surface area (Å²) in [6, 6.07) is 8.27. The van der Waals surface area contributed by atoms with E-state index >= 15 is 0 Å². The standard InChI is InChI=1S/C16H23NO2/c1-14(2)17(3)10-12-19-16-9-6-8-15(13-16)7-4-5-11-18/h6,8-9,13-14,18H,5,10-12H2,1-3H3. The molecule has 0 atom stereocenters. The number of hydrogen-bond acceptors (Lipinski definition) is 3. The van der Waals surface area contributed by atoms with Crippen LogP contribution < -0.4 is 4.74 Å². The molecule has 0 aromatic heterocycles. The van der Waals surface area contributed by atoms with Crippen molar-refractivity contribution < 1.29 is 9.84 Å². The Bertz CT molecular complexity index is 432. The predicted octanol–water partition coefficient (Wildman–Crippen LogP) is 2.14. The summed E-state index contributed by atoms with van der Waals surface area (Å²) in [5.41, 5.74) is 0.920. The van der Waals surface area contributed by atoms with Gasteiger partial charge >= 0.3 is 0 Å². The first kappa shape index (κ1) is 15.6. The quantitative estimate of drug-likeness (QED) is 0.796. The Kier molecular flexibility index (Phi) is 7.02. The maximum atomic E-state index is 8.68. The van der Waals surface area contributed by atoms with Crippen molar-refractivity contribution >= 4 is 0 Å². The molecule has 1 aromatic rings. The molecule has 3 heteroatoms. The fourth-order valence-electron chi connectivity index (χ4n) is 1.45. The average molecular weight is 261 g/mol. The molecule has 0 radical (unpaired) electrons. The molecule has 0 heterocycles. The van der Waals surface area contributed by atoms with Gasteiger partial charge in [0.1, 0.15) is 12.4 Å². The van der Waals surface area contributed by atoms with Crippen LogP contribution in [0.15, 0.2) is 24.3 Å². The first-order valence-electron chi connectivity index (χ1n) is 6.66. The largest absolute Gasteiger partial charge is 0.492 e. The lowest BCUT2D eigenvalue weighted by Gasteiger charge is -2.20. The Hall–Kier alpha value is -1.50. The van der Waals surface area contributed by atoms with Crippen LogP contribution in [0.25, 0.3) is 0 Å². The normalized spacial score (nSPS) is 10.4. The van der Waals surface area contributed by atoms with E-state index < -0.39 is 0 Å². The van der Waals surface area contributed by atoms with Gasteiger partial charge in [-0.25, -0.2) is 0 Å². The smallest absolute Gasteiger partial charge is 0.120 e. The highest BCUT2D eigenvalue weighted by molar-refractivity contribution is 5.39. The van der Waals surface area contributed by atoms with Gasteiger partial charge in [-0.3, -0.25) is 0 Å². The summed E-state index contributed by atoms with van der Waals surface area (Å²) in [7, 11) is 2.09. The van der Waals surface area contributed by atoms with E-state index in [4.69, 9.17) is 9.84 Å². The van der Waals surface area contributed by atoms with Crippen LogP contribution in [-0.4, -0.2) is 42.9 Å². The molecule has 0 saturated heterocycles. The monoisotopic (exact) mass is 261 g/mol. The Morgan fingerprint density at radius 2 is 2.16 bits per heavy atom. The van der Waals surface area contributed by atoms with Crippen LogP contribution in [-0.2, 0) is 0 Å². The number of likely N-dealkylation sites (N-methyl/N-ethyl adjacent to an activating group) is 1. The molecule has 0 saturated carbocycles. The highest BCUT2D eigenvalue weighted by atomic mass is 16.5. The molecule has 1 N–H and O–H groups in total. The van der Waals surface area contributed by atoms with Gasteiger partial charge in [0.25, 0.3) is 0 Å². The number of ether oxygens (including phenoxy) is 1. The lowest BCUT2D eigenvalue weighted by molar-refractivity contribution is 0.208. The van der Waals surface area contributed by atoms with Crippen molar-refractivity contribution in [1.82, 2.24) is 4.90 Å². The van der Waals surface area contributed by atoms with E-state index in [-0.39, 0.29) is 6.61 Å². The van der Waals surface area contributed by atoms with Crippen LogP contribution in [0.2, 0.25) is 0 Å². The van der Waals surface area contributed by atoms with Crippen LogP contribution >= 0.6 is 0 Å². The van der Waals surface area contributed by atoms with Crippen molar-refractivity contribution in [2.75, 3.05) is 26.8 Å². The van der Waals surface area contributed by atoms with Gasteiger partial charge in [-0.05, 0) is 39.1 Å². The second-order valence-electron chi connectivity index (χ2n) is 4.73. The van der Waals surface area contributed by atoms with E-state index in [0.717, 1.165) is 17.9 Å². The number of benzene rings is 1. The molecule has 104 valence electrons. The Morgan fingerprint density at radius 1 is 1.37 bits per heavy atom. The molecule has 3 nitrogen and oxygen atoms in total. The van der Waals surface area contributed by atoms with E-state index in [9.17, 15) is 0 Å². The molecule has 19 heavy (non-hydrogen) atoms. The summed E-state index contributed by atoms with van der Waals surface area (Å²) in [5, 5.41) is 8.68. The maximum Gasteiger partial charge on any atom is 0.120 e. The molecular weight excluding hydrogens is 238 g/mol. The second-order valence-corrected chi connectivity index (χ2v) is 4.73. The maximum absolute atomic E-state index is 8.68. The lowest BCUT2D eigenvalue weighted by Crippen LogP contribution is -2.30. The molecule has 0 unspecified atom stereocenters. The molecule has 1 aromatic carbocycles. The number of rotatable bonds is 6. The summed E-state index contributed by atoms with van der Waals surface area (Å²) in [5.74, 6) is 6.75. The van der Waals surface area contributed by atoms with Crippen molar-refractivity contribution in [1.29, 1.82) is 0 Å². The summed E-state index contributed by atoms with van der Waals surface area (Å²) < 4.78 is 5.71. The number of hydrogen-bond donors (Lipinski definition) is 1. The topological polar surface area (TPSA) is 32.7 Å². The van der Waals surface area contributed by atoms with Crippen LogP contribution in [0.3, 0.4) is 0 Å². The van der Waals surface area contributed by atoms with Crippen LogP contribution in [0.5, 0.6) is 5.75 Å². The minimum absolute atomic E-state index is 0.102. The highest BCUT2D eigenvalue weighted by Gasteiger charge is 2.02. The lowest BCUT2D eigenvalue weighted by atomic mass is 10.2. The minimum Gasteiger partial charge on any atom is -0.492 e. The molecule has 0 bridgehead atoms. The van der Waals surface area contributed by atoms with Gasteiger partial charge in [-0.15, -0.1) is 0 Å². The summed E-state index contributed by atoms with van der Waals surface area (Å²) in [4.78, 5) is 2.24. The van der Waals surface area contributed by atoms with E-state index in [2.05, 4.69) is 37.6 Å². The van der Waals surface area contributed by atoms with Gasteiger partial charge in [-0.2, -0.15) is 0 Å². The second kappa shape index (κ2) is 8.58. The van der Waals surface area contributed by atoms with Crippen LogP contribution in [0, 0.1) is 11.8 Å². The Balaban J connectivity index is 2.47. The summed E-state index contributed by atoms with van der Waals surface area (Å²) >= 11 is 0. The fraction of sp³-hybridized carbons (Fsp3) is 0.500. The molecule has 0 aliphatic heterocycles. The molecule has 1 rings (SSSR count). The summed E-state index contributed by atoms with van der Waals surface area (Å²) in [6.07, 6.45) is 0.504. The number of nitrogens with zero attached hydrogens (tertiary/aromatic N) is 1. The van der Waals surface area contributed by atoms with Gasteiger partial charge in [-0.1, -0.05) is 17.9 Å².